The van der Waals surface area contributed by atoms with E-state index in [2.05, 4.69) is 31.6 Å². The number of nitrogen functional groups attached to an aromatic ring is 1. The van der Waals surface area contributed by atoms with Crippen LogP contribution in [0, 0.1) is 46.3 Å². The van der Waals surface area contributed by atoms with Crippen LogP contribution >= 0.6 is 0 Å². The van der Waals surface area contributed by atoms with Crippen LogP contribution in [-0.2, 0) is 58.8 Å². The van der Waals surface area contributed by atoms with E-state index in [0.717, 1.165) is 12.7 Å². The van der Waals surface area contributed by atoms with Gasteiger partial charge in [0.15, 0.2) is 23.8 Å². The Bertz CT molecular complexity index is 2540. The van der Waals surface area contributed by atoms with Crippen LogP contribution < -0.4 is 22.5 Å². The molecule has 2 fully saturated rings. The van der Waals surface area contributed by atoms with Crippen LogP contribution in [0.1, 0.15) is 59.9 Å². The number of esters is 4. The number of anilines is 2. The van der Waals surface area contributed by atoms with E-state index in [1.165, 1.54) is 40.2 Å². The standard InChI is InChI=1S/C42H54N12O12/c1-19(2)29(45)39(59)61-13-25-31(55)33(56)41(15-43,65-25)27-11-9-24-36(50-18-52-54(24)27)48-12-22(7)38(58)64-34-32(63-37(57)21(5)6)26(14-62-40(60)30(46)20(3)4)66-42(34,16-44)28-10-8-23-35(47)49-17-51-53(23)28/h8-11,17-22,25-26,29-34,55-56H,12-14,45-46H2,1-7H3,(H2,47,49,51)(H,48,50,52)/t22-,25+,26+,29+,30-,31+,32+,33+,34+,41-,42-/m0/s1. The quantitative estimate of drug-likeness (QED) is 0.0579. The van der Waals surface area contributed by atoms with Crippen molar-refractivity contribution in [3.8, 4) is 12.1 Å². The first-order valence-corrected chi connectivity index (χ1v) is 21.2. The Hall–Kier alpha value is -6.54. The van der Waals surface area contributed by atoms with E-state index in [9.17, 15) is 39.9 Å². The van der Waals surface area contributed by atoms with Gasteiger partial charge in [-0.05, 0) is 36.1 Å². The number of carbonyl (C=O) groups excluding carboxylic acids is 4. The van der Waals surface area contributed by atoms with Crippen molar-refractivity contribution in [3.63, 3.8) is 0 Å². The zero-order chi connectivity index (χ0) is 48.4. The normalized spacial score (nSPS) is 26.5. The SMILES string of the molecule is CC(C)C(=O)O[C@H]1[C@@H](OC(=O)[C@@H](C)CNc2ncnn3c([C@]4(C#N)O[C@H](COC(=O)[C@H](N)C(C)C)[C@@H](O)[C@H]4O)ccc23)[C@](C#N)(c2ccc3c(N)ncnn23)O[C@@H]1COC(=O)[C@@H](N)C(C)C. The smallest absolute Gasteiger partial charge is 0.323 e. The van der Waals surface area contributed by atoms with Crippen LogP contribution in [0.25, 0.3) is 11.0 Å². The number of carbonyl (C=O) groups is 4. The van der Waals surface area contributed by atoms with Crippen molar-refractivity contribution in [1.82, 2.24) is 29.2 Å². The van der Waals surface area contributed by atoms with Gasteiger partial charge in [-0.15, -0.1) is 0 Å². The molecule has 2 aliphatic heterocycles. The highest BCUT2D eigenvalue weighted by atomic mass is 16.7. The zero-order valence-corrected chi connectivity index (χ0v) is 37.3. The number of aliphatic hydroxyl groups is 2. The van der Waals surface area contributed by atoms with E-state index in [0.29, 0.717) is 0 Å². The minimum Gasteiger partial charge on any atom is -0.462 e. The monoisotopic (exact) mass is 918 g/mol. The number of aromatic nitrogens is 6. The third-order valence-corrected chi connectivity index (χ3v) is 11.6. The Labute approximate surface area is 378 Å². The number of aliphatic hydroxyl groups excluding tert-OH is 2. The minimum atomic E-state index is -2.24. The molecular formula is C42H54N12O12. The molecule has 11 atom stereocenters. The second-order valence-electron chi connectivity index (χ2n) is 17.2. The molecule has 2 saturated heterocycles. The summed E-state index contributed by atoms with van der Waals surface area (Å²) < 4.78 is 37.6. The molecular weight excluding hydrogens is 865 g/mol. The summed E-state index contributed by atoms with van der Waals surface area (Å²) in [4.78, 5) is 61.1. The van der Waals surface area contributed by atoms with Crippen molar-refractivity contribution in [2.75, 3.05) is 30.8 Å². The van der Waals surface area contributed by atoms with Crippen LogP contribution in [0.3, 0.4) is 0 Å². The van der Waals surface area contributed by atoms with Crippen molar-refractivity contribution < 1.29 is 57.8 Å². The number of nitrogens with zero attached hydrogens (tertiary/aromatic N) is 8. The van der Waals surface area contributed by atoms with Gasteiger partial charge in [0.25, 0.3) is 0 Å². The van der Waals surface area contributed by atoms with E-state index < -0.39 is 109 Å². The van der Waals surface area contributed by atoms with E-state index in [-0.39, 0.29) is 52.4 Å². The highest BCUT2D eigenvalue weighted by Crippen LogP contribution is 2.45. The topological polar surface area (TPSA) is 362 Å². The van der Waals surface area contributed by atoms with E-state index in [1.54, 1.807) is 41.5 Å². The first-order valence-electron chi connectivity index (χ1n) is 21.2. The third kappa shape index (κ3) is 9.03. The molecule has 66 heavy (non-hydrogen) atoms. The minimum absolute atomic E-state index is 0.00425. The molecule has 6 heterocycles. The Balaban J connectivity index is 1.27. The largest absolute Gasteiger partial charge is 0.462 e. The van der Waals surface area contributed by atoms with Gasteiger partial charge in [-0.2, -0.15) is 20.7 Å². The van der Waals surface area contributed by atoms with Crippen LogP contribution in [0.5, 0.6) is 0 Å². The van der Waals surface area contributed by atoms with E-state index >= 15 is 0 Å². The molecule has 0 amide bonds. The number of hydrogen-bond acceptors (Lipinski definition) is 22. The fourth-order valence-corrected chi connectivity index (χ4v) is 7.38. The third-order valence-electron chi connectivity index (χ3n) is 11.6. The highest BCUT2D eigenvalue weighted by molar-refractivity contribution is 5.77. The number of rotatable bonds is 17. The zero-order valence-electron chi connectivity index (χ0n) is 37.3. The van der Waals surface area contributed by atoms with Crippen molar-refractivity contribution in [2.24, 2.45) is 35.1 Å². The number of nitriles is 2. The summed E-state index contributed by atoms with van der Waals surface area (Å²) in [6.07, 6.45) is -7.05. The van der Waals surface area contributed by atoms with Crippen molar-refractivity contribution in [3.05, 3.63) is 48.3 Å². The summed E-state index contributed by atoms with van der Waals surface area (Å²) in [5, 5.41) is 55.1. The maximum absolute atomic E-state index is 14.2. The second kappa shape index (κ2) is 19.5. The average molecular weight is 919 g/mol. The molecule has 0 aromatic carbocycles. The van der Waals surface area contributed by atoms with Gasteiger partial charge in [0.05, 0.1) is 23.2 Å². The van der Waals surface area contributed by atoms with Gasteiger partial charge in [-0.1, -0.05) is 48.5 Å². The van der Waals surface area contributed by atoms with Crippen LogP contribution in [-0.4, -0.2) is 132 Å². The Morgan fingerprint density at radius 1 is 0.773 bits per heavy atom. The second-order valence-corrected chi connectivity index (χ2v) is 17.2. The molecule has 0 aliphatic carbocycles. The summed E-state index contributed by atoms with van der Waals surface area (Å²) in [7, 11) is 0. The van der Waals surface area contributed by atoms with Gasteiger partial charge in [-0.3, -0.25) is 19.2 Å². The lowest BCUT2D eigenvalue weighted by molar-refractivity contribution is -0.174. The van der Waals surface area contributed by atoms with Crippen LogP contribution in [0.15, 0.2) is 36.9 Å². The van der Waals surface area contributed by atoms with Crippen molar-refractivity contribution >= 4 is 46.5 Å². The molecule has 0 bridgehead atoms. The van der Waals surface area contributed by atoms with E-state index in [4.69, 9.17) is 45.6 Å². The van der Waals surface area contributed by atoms with Crippen LogP contribution in [0.4, 0.5) is 11.6 Å². The van der Waals surface area contributed by atoms with Crippen molar-refractivity contribution in [2.45, 2.75) is 108 Å². The van der Waals surface area contributed by atoms with Crippen molar-refractivity contribution in [1.29, 1.82) is 10.5 Å². The number of ether oxygens (including phenoxy) is 6. The molecule has 9 N–H and O–H groups in total. The molecule has 0 saturated carbocycles. The lowest BCUT2D eigenvalue weighted by Gasteiger charge is -2.30. The highest BCUT2D eigenvalue weighted by Gasteiger charge is 2.63. The maximum atomic E-state index is 14.2. The van der Waals surface area contributed by atoms with E-state index in [1.807, 2.05) is 6.07 Å². The van der Waals surface area contributed by atoms with Crippen LogP contribution in [0.2, 0.25) is 0 Å². The summed E-state index contributed by atoms with van der Waals surface area (Å²) in [6, 6.07) is 8.04. The lowest BCUT2D eigenvalue weighted by atomic mass is 9.91. The summed E-state index contributed by atoms with van der Waals surface area (Å²) >= 11 is 0. The average Bonchev–Trinajstić information content (AvgIpc) is 4.06. The molecule has 4 aromatic heterocycles. The fraction of sp³-hybridized carbons (Fsp3) is 0.571. The number of nitrogens with two attached hydrogens (primary N) is 3. The maximum Gasteiger partial charge on any atom is 0.323 e. The predicted octanol–water partition coefficient (Wildman–Crippen LogP) is -0.408. The van der Waals surface area contributed by atoms with Gasteiger partial charge in [-0.25, -0.2) is 19.0 Å². The Morgan fingerprint density at radius 3 is 1.88 bits per heavy atom. The van der Waals surface area contributed by atoms with Gasteiger partial charge < -0.3 is 61.2 Å². The molecule has 0 radical (unpaired) electrons. The summed E-state index contributed by atoms with van der Waals surface area (Å²) in [6.45, 7) is 10.4. The van der Waals surface area contributed by atoms with Gasteiger partial charge in [0.2, 0.25) is 11.2 Å². The number of hydrogen-bond donors (Lipinski definition) is 6. The molecule has 24 nitrogen and oxygen atoms in total. The van der Waals surface area contributed by atoms with Gasteiger partial charge >= 0.3 is 23.9 Å². The predicted molar refractivity (Wildman–Crippen MR) is 227 cm³/mol. The fourth-order valence-electron chi connectivity index (χ4n) is 7.38. The summed E-state index contributed by atoms with van der Waals surface area (Å²) in [5.74, 6) is -5.18. The Morgan fingerprint density at radius 2 is 1.30 bits per heavy atom. The van der Waals surface area contributed by atoms with Gasteiger partial charge in [0.1, 0.15) is 85.5 Å². The molecule has 0 spiro atoms. The molecule has 24 heteroatoms. The number of fused-ring (bicyclic) bond motifs is 2. The first-order chi connectivity index (χ1) is 31.2. The van der Waals surface area contributed by atoms with Gasteiger partial charge in [0, 0.05) is 6.54 Å². The molecule has 2 aliphatic rings. The first kappa shape index (κ1) is 48.9. The molecule has 354 valence electrons. The summed E-state index contributed by atoms with van der Waals surface area (Å²) in [5.41, 5.74) is 14.2. The molecule has 4 aromatic rings. The molecule has 6 rings (SSSR count). The Kier molecular flexibility index (Phi) is 14.5. The molecule has 0 unspecified atom stereocenters. The number of nitrogens with one attached hydrogen (secondary N) is 1. The lowest BCUT2D eigenvalue weighted by Crippen LogP contribution is -2.47.